The van der Waals surface area contributed by atoms with Crippen LogP contribution < -0.4 is 0 Å². The first-order chi connectivity index (χ1) is 8.94. The molecule has 4 fully saturated rings. The Labute approximate surface area is 112 Å². The molecule has 19 heavy (non-hydrogen) atoms. The highest BCUT2D eigenvalue weighted by atomic mass is 16.7. The molecule has 0 aromatic heterocycles. The molecule has 4 aliphatic rings. The molecule has 0 saturated heterocycles. The summed E-state index contributed by atoms with van der Waals surface area (Å²) in [5.74, 6) is 0.741. The van der Waals surface area contributed by atoms with E-state index in [1.165, 1.54) is 14.0 Å². The summed E-state index contributed by atoms with van der Waals surface area (Å²) >= 11 is 0. The fourth-order valence-electron chi connectivity index (χ4n) is 4.86. The average Bonchev–Trinajstić information content (AvgIpc) is 2.24. The maximum atomic E-state index is 11.5. The zero-order chi connectivity index (χ0) is 13.7. The molecule has 0 N–H and O–H groups in total. The number of ether oxygens (including phenoxy) is 3. The highest BCUT2D eigenvalue weighted by Crippen LogP contribution is 2.60. The van der Waals surface area contributed by atoms with Crippen molar-refractivity contribution >= 4 is 12.1 Å². The molecule has 4 aliphatic carbocycles. The third-order valence-corrected chi connectivity index (χ3v) is 4.78. The van der Waals surface area contributed by atoms with Crippen molar-refractivity contribution in [1.82, 2.24) is 0 Å². The van der Waals surface area contributed by atoms with Gasteiger partial charge in [-0.1, -0.05) is 0 Å². The number of carbonyl (C=O) groups excluding carboxylic acids is 2. The normalized spacial score (nSPS) is 42.8. The first kappa shape index (κ1) is 12.8. The van der Waals surface area contributed by atoms with Gasteiger partial charge in [0, 0.05) is 13.3 Å². The Hall–Kier alpha value is -1.26. The standard InChI is InChI=1S/C14H20O5/c1-9(15)18-13-4-10-3-11(5-13)7-14(6-10,8-13)19-12(16)17-2/h10-11H,3-8H2,1-2H3. The fourth-order valence-corrected chi connectivity index (χ4v) is 4.86. The van der Waals surface area contributed by atoms with Crippen molar-refractivity contribution < 1.29 is 23.8 Å². The molecule has 0 aliphatic heterocycles. The van der Waals surface area contributed by atoms with Crippen LogP contribution in [0.25, 0.3) is 0 Å². The molecular weight excluding hydrogens is 248 g/mol. The van der Waals surface area contributed by atoms with Crippen LogP contribution in [0.3, 0.4) is 0 Å². The van der Waals surface area contributed by atoms with E-state index in [1.54, 1.807) is 0 Å². The molecule has 4 saturated carbocycles. The Morgan fingerprint density at radius 1 is 1.00 bits per heavy atom. The topological polar surface area (TPSA) is 61.8 Å². The molecule has 106 valence electrons. The van der Waals surface area contributed by atoms with Crippen LogP contribution in [0.2, 0.25) is 0 Å². The summed E-state index contributed by atoms with van der Waals surface area (Å²) in [6.45, 7) is 1.45. The Morgan fingerprint density at radius 3 is 2.00 bits per heavy atom. The first-order valence-electron chi connectivity index (χ1n) is 6.91. The van der Waals surface area contributed by atoms with Gasteiger partial charge in [-0.3, -0.25) is 4.79 Å². The molecule has 2 unspecified atom stereocenters. The van der Waals surface area contributed by atoms with E-state index in [1.807, 2.05) is 0 Å². The van der Waals surface area contributed by atoms with Gasteiger partial charge >= 0.3 is 12.1 Å². The number of methoxy groups -OCH3 is 1. The summed E-state index contributed by atoms with van der Waals surface area (Å²) in [6.07, 6.45) is 4.74. The van der Waals surface area contributed by atoms with Crippen LogP contribution in [0.1, 0.15) is 45.4 Å². The number of hydrogen-bond donors (Lipinski definition) is 0. The van der Waals surface area contributed by atoms with Gasteiger partial charge in [0.05, 0.1) is 7.11 Å². The lowest BCUT2D eigenvalue weighted by molar-refractivity contribution is -0.221. The van der Waals surface area contributed by atoms with Crippen molar-refractivity contribution in [2.45, 2.75) is 56.7 Å². The SMILES string of the molecule is COC(=O)OC12CC3CC(CC(OC(C)=O)(C3)C1)C2. The van der Waals surface area contributed by atoms with Crippen LogP contribution in [0.15, 0.2) is 0 Å². The predicted octanol–water partition coefficient (Wildman–Crippen LogP) is 2.42. The Kier molecular flexibility index (Phi) is 2.76. The van der Waals surface area contributed by atoms with Gasteiger partial charge in [-0.15, -0.1) is 0 Å². The molecule has 0 amide bonds. The minimum absolute atomic E-state index is 0.241. The molecule has 0 spiro atoms. The van der Waals surface area contributed by atoms with E-state index in [0.717, 1.165) is 32.1 Å². The van der Waals surface area contributed by atoms with Crippen molar-refractivity contribution in [3.8, 4) is 0 Å². The van der Waals surface area contributed by atoms with Gasteiger partial charge in [-0.2, -0.15) is 0 Å². The molecule has 0 radical (unpaired) electrons. The molecule has 4 bridgehead atoms. The molecule has 4 rings (SSSR count). The van der Waals surface area contributed by atoms with Crippen molar-refractivity contribution in [2.24, 2.45) is 11.8 Å². The van der Waals surface area contributed by atoms with E-state index in [-0.39, 0.29) is 5.97 Å². The van der Waals surface area contributed by atoms with E-state index in [0.29, 0.717) is 18.3 Å². The van der Waals surface area contributed by atoms with E-state index >= 15 is 0 Å². The van der Waals surface area contributed by atoms with Gasteiger partial charge < -0.3 is 14.2 Å². The largest absolute Gasteiger partial charge is 0.508 e. The molecule has 5 nitrogen and oxygen atoms in total. The Bertz CT molecular complexity index is 402. The van der Waals surface area contributed by atoms with Crippen LogP contribution in [0, 0.1) is 11.8 Å². The Morgan fingerprint density at radius 2 is 1.53 bits per heavy atom. The van der Waals surface area contributed by atoms with Crippen molar-refractivity contribution in [3.63, 3.8) is 0 Å². The monoisotopic (exact) mass is 268 g/mol. The maximum absolute atomic E-state index is 11.5. The molecular formula is C14H20O5. The highest BCUT2D eigenvalue weighted by molar-refractivity contribution is 5.66. The summed E-state index contributed by atoms with van der Waals surface area (Å²) in [6, 6.07) is 0. The highest BCUT2D eigenvalue weighted by Gasteiger charge is 2.61. The van der Waals surface area contributed by atoms with Crippen molar-refractivity contribution in [3.05, 3.63) is 0 Å². The van der Waals surface area contributed by atoms with Gasteiger partial charge in [0.15, 0.2) is 0 Å². The van der Waals surface area contributed by atoms with E-state index < -0.39 is 17.4 Å². The second-order valence-corrected chi connectivity index (χ2v) is 6.48. The fraction of sp³-hybridized carbons (Fsp3) is 0.857. The number of esters is 1. The minimum Gasteiger partial charge on any atom is -0.459 e. The Balaban J connectivity index is 1.84. The predicted molar refractivity (Wildman–Crippen MR) is 65.4 cm³/mol. The van der Waals surface area contributed by atoms with E-state index in [2.05, 4.69) is 4.74 Å². The number of carbonyl (C=O) groups is 2. The lowest BCUT2D eigenvalue weighted by Crippen LogP contribution is -2.61. The van der Waals surface area contributed by atoms with Gasteiger partial charge in [0.1, 0.15) is 11.2 Å². The van der Waals surface area contributed by atoms with E-state index in [9.17, 15) is 9.59 Å². The van der Waals surface area contributed by atoms with Gasteiger partial charge in [-0.25, -0.2) is 4.79 Å². The third kappa shape index (κ3) is 2.19. The molecule has 0 aromatic rings. The lowest BCUT2D eigenvalue weighted by atomic mass is 9.52. The molecule has 0 heterocycles. The number of rotatable bonds is 2. The summed E-state index contributed by atoms with van der Waals surface area (Å²) < 4.78 is 15.8. The minimum atomic E-state index is -0.625. The van der Waals surface area contributed by atoms with E-state index in [4.69, 9.17) is 9.47 Å². The van der Waals surface area contributed by atoms with Crippen LogP contribution >= 0.6 is 0 Å². The first-order valence-corrected chi connectivity index (χ1v) is 6.91. The number of hydrogen-bond acceptors (Lipinski definition) is 5. The van der Waals surface area contributed by atoms with Crippen LogP contribution in [-0.4, -0.2) is 30.4 Å². The van der Waals surface area contributed by atoms with Crippen molar-refractivity contribution in [2.75, 3.05) is 7.11 Å². The zero-order valence-electron chi connectivity index (χ0n) is 11.4. The van der Waals surface area contributed by atoms with Crippen LogP contribution in [0.4, 0.5) is 4.79 Å². The van der Waals surface area contributed by atoms with Gasteiger partial charge in [-0.05, 0) is 43.9 Å². The smallest absolute Gasteiger partial charge is 0.459 e. The second-order valence-electron chi connectivity index (χ2n) is 6.48. The van der Waals surface area contributed by atoms with Gasteiger partial charge in [0.2, 0.25) is 0 Å². The quantitative estimate of drug-likeness (QED) is 0.720. The van der Waals surface area contributed by atoms with Crippen molar-refractivity contribution in [1.29, 1.82) is 0 Å². The summed E-state index contributed by atoms with van der Waals surface area (Å²) in [7, 11) is 1.32. The maximum Gasteiger partial charge on any atom is 0.508 e. The van der Waals surface area contributed by atoms with Crippen LogP contribution in [-0.2, 0) is 19.0 Å². The molecule has 0 aromatic carbocycles. The van der Waals surface area contributed by atoms with Crippen LogP contribution in [0.5, 0.6) is 0 Å². The molecule has 2 atom stereocenters. The second kappa shape index (κ2) is 4.12. The lowest BCUT2D eigenvalue weighted by Gasteiger charge is -2.59. The zero-order valence-corrected chi connectivity index (χ0v) is 11.4. The summed E-state index contributed by atoms with van der Waals surface area (Å²) in [5.41, 5.74) is -0.892. The third-order valence-electron chi connectivity index (χ3n) is 4.78. The average molecular weight is 268 g/mol. The molecule has 5 heteroatoms. The van der Waals surface area contributed by atoms with Gasteiger partial charge in [0.25, 0.3) is 0 Å². The summed E-state index contributed by atoms with van der Waals surface area (Å²) in [5, 5.41) is 0. The summed E-state index contributed by atoms with van der Waals surface area (Å²) in [4.78, 5) is 22.8.